The summed E-state index contributed by atoms with van der Waals surface area (Å²) in [5.74, 6) is 1.43. The van der Waals surface area contributed by atoms with Gasteiger partial charge in [0.1, 0.15) is 5.58 Å². The summed E-state index contributed by atoms with van der Waals surface area (Å²) in [7, 11) is 1.99. The second-order valence-corrected chi connectivity index (χ2v) is 6.46. The zero-order valence-electron chi connectivity index (χ0n) is 14.3. The van der Waals surface area contributed by atoms with Crippen molar-refractivity contribution in [2.45, 2.75) is 25.4 Å². The molecule has 9 nitrogen and oxygen atoms in total. The van der Waals surface area contributed by atoms with E-state index in [1.807, 2.05) is 13.1 Å². The molecule has 1 aliphatic rings. The van der Waals surface area contributed by atoms with Crippen molar-refractivity contribution in [3.05, 3.63) is 30.4 Å². The summed E-state index contributed by atoms with van der Waals surface area (Å²) in [6, 6.07) is 3.91. The maximum absolute atomic E-state index is 11.0. The van der Waals surface area contributed by atoms with Crippen molar-refractivity contribution in [3.8, 4) is 11.7 Å². The molecule has 0 atom stereocenters. The summed E-state index contributed by atoms with van der Waals surface area (Å²) in [6.07, 6.45) is 4.12. The molecule has 0 aliphatic carbocycles. The number of rotatable bonds is 4. The summed E-state index contributed by atoms with van der Waals surface area (Å²) in [5.41, 5.74) is 0.719. The van der Waals surface area contributed by atoms with Crippen molar-refractivity contribution in [1.29, 1.82) is 0 Å². The predicted molar refractivity (Wildman–Crippen MR) is 91.4 cm³/mol. The Hall–Kier alpha value is -2.94. The second-order valence-electron chi connectivity index (χ2n) is 6.46. The molecule has 0 aromatic carbocycles. The minimum atomic E-state index is -0.852. The van der Waals surface area contributed by atoms with Crippen LogP contribution in [0.2, 0.25) is 0 Å². The molecule has 4 rings (SSSR count). The summed E-state index contributed by atoms with van der Waals surface area (Å²) in [6.45, 7) is 1.63. The number of hydrogen-bond acceptors (Lipinski definition) is 7. The molecule has 1 aliphatic heterocycles. The third-order valence-corrected chi connectivity index (χ3v) is 4.74. The Morgan fingerprint density at radius 1 is 1.42 bits per heavy atom. The average molecular weight is 357 g/mol. The number of piperidine rings is 1. The van der Waals surface area contributed by atoms with E-state index in [0.717, 1.165) is 23.8 Å². The van der Waals surface area contributed by atoms with Crippen molar-refractivity contribution >= 4 is 17.1 Å². The second kappa shape index (κ2) is 6.75. The Kier molecular flexibility index (Phi) is 4.29. The van der Waals surface area contributed by atoms with Gasteiger partial charge in [0.25, 0.3) is 5.89 Å². The normalized spacial score (nSPS) is 15.8. The van der Waals surface area contributed by atoms with E-state index in [0.29, 0.717) is 43.2 Å². The largest absolute Gasteiger partial charge is 0.465 e. The van der Waals surface area contributed by atoms with Crippen molar-refractivity contribution < 1.29 is 18.8 Å². The fraction of sp³-hybridized carbons (Fsp3) is 0.412. The molecule has 3 aromatic rings. The zero-order chi connectivity index (χ0) is 18.1. The van der Waals surface area contributed by atoms with Gasteiger partial charge in [-0.3, -0.25) is 9.88 Å². The molecule has 0 radical (unpaired) electrons. The number of nitrogens with zero attached hydrogens (tertiary/aromatic N) is 5. The van der Waals surface area contributed by atoms with Crippen molar-refractivity contribution in [2.24, 2.45) is 0 Å². The number of likely N-dealkylation sites (tertiary alicyclic amines) is 1. The molecular weight excluding hydrogens is 338 g/mol. The van der Waals surface area contributed by atoms with Crippen LogP contribution < -0.4 is 0 Å². The van der Waals surface area contributed by atoms with Crippen molar-refractivity contribution in [2.75, 3.05) is 20.1 Å². The quantitative estimate of drug-likeness (QED) is 0.758. The minimum Gasteiger partial charge on any atom is -0.465 e. The molecule has 1 N–H and O–H groups in total. The monoisotopic (exact) mass is 357 g/mol. The van der Waals surface area contributed by atoms with Gasteiger partial charge in [-0.05, 0) is 32.0 Å². The van der Waals surface area contributed by atoms with Crippen molar-refractivity contribution in [3.63, 3.8) is 0 Å². The Balaban J connectivity index is 1.41. The number of fused-ring (bicyclic) bond motifs is 1. The van der Waals surface area contributed by atoms with Gasteiger partial charge in [-0.25, -0.2) is 4.79 Å². The number of aromatic nitrogens is 3. The molecule has 0 unspecified atom stereocenters. The van der Waals surface area contributed by atoms with Gasteiger partial charge in [0.15, 0.2) is 11.6 Å². The van der Waals surface area contributed by atoms with E-state index in [1.54, 1.807) is 18.5 Å². The van der Waals surface area contributed by atoms with E-state index < -0.39 is 6.09 Å². The lowest BCUT2D eigenvalue weighted by Gasteiger charge is -2.34. The third-order valence-electron chi connectivity index (χ3n) is 4.74. The van der Waals surface area contributed by atoms with Crippen LogP contribution in [0.15, 0.2) is 33.5 Å². The Labute approximate surface area is 149 Å². The molecule has 1 fully saturated rings. The van der Waals surface area contributed by atoms with Gasteiger partial charge in [-0.15, -0.1) is 0 Å². The van der Waals surface area contributed by atoms with E-state index >= 15 is 0 Å². The summed E-state index contributed by atoms with van der Waals surface area (Å²) < 4.78 is 11.0. The molecule has 0 saturated carbocycles. The molecular formula is C17H19N5O4. The first-order chi connectivity index (χ1) is 12.6. The van der Waals surface area contributed by atoms with E-state index in [1.165, 1.54) is 4.90 Å². The fourth-order valence-corrected chi connectivity index (χ4v) is 3.26. The van der Waals surface area contributed by atoms with E-state index in [9.17, 15) is 4.79 Å². The zero-order valence-corrected chi connectivity index (χ0v) is 14.3. The third kappa shape index (κ3) is 3.25. The van der Waals surface area contributed by atoms with Gasteiger partial charge >= 0.3 is 6.09 Å². The van der Waals surface area contributed by atoms with Gasteiger partial charge in [-0.2, -0.15) is 4.98 Å². The predicted octanol–water partition coefficient (Wildman–Crippen LogP) is 2.45. The summed E-state index contributed by atoms with van der Waals surface area (Å²) >= 11 is 0. The van der Waals surface area contributed by atoms with E-state index in [4.69, 9.17) is 14.0 Å². The van der Waals surface area contributed by atoms with Crippen LogP contribution in [-0.4, -0.2) is 62.3 Å². The molecule has 26 heavy (non-hydrogen) atoms. The van der Waals surface area contributed by atoms with E-state index in [2.05, 4.69) is 20.0 Å². The number of carboxylic acid groups (broad SMARTS) is 1. The first-order valence-corrected chi connectivity index (χ1v) is 8.45. The first kappa shape index (κ1) is 16.5. The maximum Gasteiger partial charge on any atom is 0.407 e. The highest BCUT2D eigenvalue weighted by Gasteiger charge is 2.26. The molecule has 1 amide bonds. The Morgan fingerprint density at radius 3 is 2.96 bits per heavy atom. The smallest absolute Gasteiger partial charge is 0.407 e. The van der Waals surface area contributed by atoms with Crippen LogP contribution >= 0.6 is 0 Å². The van der Waals surface area contributed by atoms with Crippen LogP contribution in [0.3, 0.4) is 0 Å². The summed E-state index contributed by atoms with van der Waals surface area (Å²) in [5, 5.41) is 13.9. The molecule has 136 valence electrons. The number of hydrogen-bond donors (Lipinski definition) is 1. The number of carbonyl (C=O) groups is 1. The standard InChI is InChI=1S/C17H19N5O4/c1-21(12-3-6-22(7-4-12)17(23)24)10-15-19-16(26-20-15)14-8-11-9-18-5-2-13(11)25-14/h2,5,8-9,12H,3-4,6-7,10H2,1H3,(H,23,24). The average Bonchev–Trinajstić information content (AvgIpc) is 3.28. The topological polar surface area (TPSA) is 109 Å². The molecule has 0 bridgehead atoms. The number of amides is 1. The van der Waals surface area contributed by atoms with Crippen LogP contribution in [0.5, 0.6) is 0 Å². The lowest BCUT2D eigenvalue weighted by atomic mass is 10.0. The number of furan rings is 1. The SMILES string of the molecule is CN(Cc1noc(-c2cc3cnccc3o2)n1)C1CCN(C(=O)O)CC1. The van der Waals surface area contributed by atoms with Crippen LogP contribution in [-0.2, 0) is 6.54 Å². The van der Waals surface area contributed by atoms with Gasteiger partial charge in [-0.1, -0.05) is 5.16 Å². The molecule has 0 spiro atoms. The van der Waals surface area contributed by atoms with Gasteiger partial charge < -0.3 is 18.9 Å². The van der Waals surface area contributed by atoms with Crippen LogP contribution in [0.25, 0.3) is 22.6 Å². The fourth-order valence-electron chi connectivity index (χ4n) is 3.26. The van der Waals surface area contributed by atoms with Crippen LogP contribution in [0, 0.1) is 0 Å². The molecule has 3 aromatic heterocycles. The van der Waals surface area contributed by atoms with Crippen molar-refractivity contribution in [1.82, 2.24) is 24.9 Å². The van der Waals surface area contributed by atoms with Gasteiger partial charge in [0, 0.05) is 36.9 Å². The first-order valence-electron chi connectivity index (χ1n) is 8.45. The number of pyridine rings is 1. The highest BCUT2D eigenvalue weighted by atomic mass is 16.5. The highest BCUT2D eigenvalue weighted by molar-refractivity contribution is 5.80. The lowest BCUT2D eigenvalue weighted by molar-refractivity contribution is 0.102. The van der Waals surface area contributed by atoms with Crippen LogP contribution in [0.1, 0.15) is 18.7 Å². The summed E-state index contributed by atoms with van der Waals surface area (Å²) in [4.78, 5) is 23.1. The molecule has 9 heteroatoms. The molecule has 4 heterocycles. The maximum atomic E-state index is 11.0. The van der Waals surface area contributed by atoms with Crippen LogP contribution in [0.4, 0.5) is 4.79 Å². The minimum absolute atomic E-state index is 0.296. The Morgan fingerprint density at radius 2 is 2.23 bits per heavy atom. The highest BCUT2D eigenvalue weighted by Crippen LogP contribution is 2.26. The van der Waals surface area contributed by atoms with Gasteiger partial charge in [0.05, 0.1) is 6.54 Å². The van der Waals surface area contributed by atoms with Gasteiger partial charge in [0.2, 0.25) is 0 Å². The molecule has 1 saturated heterocycles. The lowest BCUT2D eigenvalue weighted by Crippen LogP contribution is -2.44. The van der Waals surface area contributed by atoms with E-state index in [-0.39, 0.29) is 0 Å². The Bertz CT molecular complexity index is 880.